The Morgan fingerprint density at radius 3 is 2.36 bits per heavy atom. The van der Waals surface area contributed by atoms with E-state index in [-0.39, 0.29) is 5.97 Å². The standard InChI is InChI=1S/C38H35NO5/c1-3-42-38(40)37-34(19-11-21-43-35-20-9-15-27-14-7-8-16-31(27)35)33-18-10-17-32(36(33)39-37)28-22-29(41-2)24-30(23-28)44-25-26-12-5-4-6-13-26/h4-10,12-18,20,22-24,39H,3,11,19,21,25H2,1-2H3. The van der Waals surface area contributed by atoms with E-state index in [0.29, 0.717) is 43.4 Å². The molecule has 0 aliphatic carbocycles. The van der Waals surface area contributed by atoms with Gasteiger partial charge in [-0.05, 0) is 60.0 Å². The Morgan fingerprint density at radius 1 is 0.773 bits per heavy atom. The van der Waals surface area contributed by atoms with Crippen molar-refractivity contribution in [3.05, 3.63) is 126 Å². The molecular formula is C38H35NO5. The highest BCUT2D eigenvalue weighted by Gasteiger charge is 2.21. The van der Waals surface area contributed by atoms with Crippen LogP contribution in [-0.4, -0.2) is 31.3 Å². The predicted octanol–water partition coefficient (Wildman–Crippen LogP) is 8.76. The number of para-hydroxylation sites is 1. The molecule has 0 bridgehead atoms. The van der Waals surface area contributed by atoms with Crippen LogP contribution in [0.25, 0.3) is 32.8 Å². The maximum Gasteiger partial charge on any atom is 0.355 e. The van der Waals surface area contributed by atoms with Crippen molar-refractivity contribution in [2.45, 2.75) is 26.4 Å². The van der Waals surface area contributed by atoms with Gasteiger partial charge in [0.1, 0.15) is 29.5 Å². The number of aromatic nitrogens is 1. The average molecular weight is 586 g/mol. The van der Waals surface area contributed by atoms with Crippen LogP contribution in [0, 0.1) is 0 Å². The van der Waals surface area contributed by atoms with Crippen LogP contribution in [0.15, 0.2) is 109 Å². The molecule has 0 atom stereocenters. The molecule has 5 aromatic carbocycles. The lowest BCUT2D eigenvalue weighted by Crippen LogP contribution is -2.09. The summed E-state index contributed by atoms with van der Waals surface area (Å²) in [5.41, 5.74) is 5.20. The minimum Gasteiger partial charge on any atom is -0.497 e. The zero-order valence-corrected chi connectivity index (χ0v) is 25.0. The lowest BCUT2D eigenvalue weighted by Gasteiger charge is -2.12. The maximum atomic E-state index is 13.1. The number of nitrogens with one attached hydrogen (secondary N) is 1. The number of rotatable bonds is 12. The van der Waals surface area contributed by atoms with Crippen molar-refractivity contribution in [2.75, 3.05) is 20.3 Å². The number of aromatic amines is 1. The molecule has 0 aliphatic heterocycles. The van der Waals surface area contributed by atoms with E-state index in [1.807, 2.05) is 97.9 Å². The zero-order chi connectivity index (χ0) is 30.3. The third-order valence-electron chi connectivity index (χ3n) is 7.67. The molecule has 0 unspecified atom stereocenters. The summed E-state index contributed by atoms with van der Waals surface area (Å²) in [5, 5.41) is 3.21. The van der Waals surface area contributed by atoms with Crippen molar-refractivity contribution in [1.29, 1.82) is 0 Å². The van der Waals surface area contributed by atoms with Crippen LogP contribution >= 0.6 is 0 Å². The molecule has 0 amide bonds. The van der Waals surface area contributed by atoms with Crippen LogP contribution in [0.5, 0.6) is 17.2 Å². The number of esters is 1. The highest BCUT2D eigenvalue weighted by atomic mass is 16.5. The van der Waals surface area contributed by atoms with E-state index in [9.17, 15) is 4.79 Å². The number of ether oxygens (including phenoxy) is 4. The fourth-order valence-electron chi connectivity index (χ4n) is 5.57. The third kappa shape index (κ3) is 6.25. The molecule has 1 heterocycles. The second-order valence-electron chi connectivity index (χ2n) is 10.5. The Hall–Kier alpha value is -5.23. The van der Waals surface area contributed by atoms with E-state index in [4.69, 9.17) is 18.9 Å². The summed E-state index contributed by atoms with van der Waals surface area (Å²) in [6.07, 6.45) is 1.37. The highest BCUT2D eigenvalue weighted by molar-refractivity contribution is 6.03. The first-order valence-corrected chi connectivity index (χ1v) is 14.9. The second kappa shape index (κ2) is 13.4. The maximum absolute atomic E-state index is 13.1. The van der Waals surface area contributed by atoms with Crippen LogP contribution in [0.2, 0.25) is 0 Å². The van der Waals surface area contributed by atoms with Crippen LogP contribution < -0.4 is 14.2 Å². The fourth-order valence-corrected chi connectivity index (χ4v) is 5.57. The van der Waals surface area contributed by atoms with E-state index >= 15 is 0 Å². The molecule has 6 aromatic rings. The summed E-state index contributed by atoms with van der Waals surface area (Å²) < 4.78 is 23.5. The first-order valence-electron chi connectivity index (χ1n) is 14.9. The van der Waals surface area contributed by atoms with Gasteiger partial charge in [-0.2, -0.15) is 0 Å². The smallest absolute Gasteiger partial charge is 0.355 e. The Labute approximate surface area is 257 Å². The molecule has 0 saturated carbocycles. The lowest BCUT2D eigenvalue weighted by molar-refractivity contribution is 0.0519. The number of methoxy groups -OCH3 is 1. The molecule has 0 spiro atoms. The Balaban J connectivity index is 1.29. The number of fused-ring (bicyclic) bond motifs is 2. The highest BCUT2D eigenvalue weighted by Crippen LogP contribution is 2.37. The number of aryl methyl sites for hydroxylation is 1. The van der Waals surface area contributed by atoms with Crippen molar-refractivity contribution in [1.82, 2.24) is 4.98 Å². The number of benzene rings is 5. The van der Waals surface area contributed by atoms with Gasteiger partial charge in [-0.15, -0.1) is 0 Å². The molecule has 1 N–H and O–H groups in total. The quantitative estimate of drug-likeness (QED) is 0.115. The van der Waals surface area contributed by atoms with Crippen molar-refractivity contribution in [3.63, 3.8) is 0 Å². The SMILES string of the molecule is CCOC(=O)c1[nH]c2c(-c3cc(OC)cc(OCc4ccccc4)c3)cccc2c1CCCOc1cccc2ccccc12. The second-order valence-corrected chi connectivity index (χ2v) is 10.5. The minimum atomic E-state index is -0.364. The van der Waals surface area contributed by atoms with E-state index < -0.39 is 0 Å². The summed E-state index contributed by atoms with van der Waals surface area (Å²) in [6.45, 7) is 3.07. The Morgan fingerprint density at radius 2 is 1.52 bits per heavy atom. The Kier molecular flexibility index (Phi) is 8.78. The van der Waals surface area contributed by atoms with E-state index in [2.05, 4.69) is 23.2 Å². The molecule has 0 saturated heterocycles. The Bertz CT molecular complexity index is 1890. The number of carbonyl (C=O) groups excluding carboxylic acids is 1. The van der Waals surface area contributed by atoms with Crippen LogP contribution in [0.4, 0.5) is 0 Å². The lowest BCUT2D eigenvalue weighted by atomic mass is 9.99. The van der Waals surface area contributed by atoms with Crippen molar-refractivity contribution < 1.29 is 23.7 Å². The minimum absolute atomic E-state index is 0.294. The van der Waals surface area contributed by atoms with Crippen molar-refractivity contribution in [3.8, 4) is 28.4 Å². The van der Waals surface area contributed by atoms with Crippen LogP contribution in [0.3, 0.4) is 0 Å². The zero-order valence-electron chi connectivity index (χ0n) is 25.0. The van der Waals surface area contributed by atoms with Gasteiger partial charge in [0.25, 0.3) is 0 Å². The van der Waals surface area contributed by atoms with Gasteiger partial charge in [-0.3, -0.25) is 0 Å². The summed E-state index contributed by atoms with van der Waals surface area (Å²) in [6, 6.07) is 36.3. The molecule has 1 aromatic heterocycles. The normalized spacial score (nSPS) is 11.0. The van der Waals surface area contributed by atoms with Gasteiger partial charge in [0.05, 0.1) is 25.8 Å². The number of H-pyrrole nitrogens is 1. The number of carbonyl (C=O) groups is 1. The topological polar surface area (TPSA) is 69.8 Å². The van der Waals surface area contributed by atoms with Gasteiger partial charge in [-0.1, -0.05) is 84.9 Å². The molecule has 6 nitrogen and oxygen atoms in total. The predicted molar refractivity (Wildman–Crippen MR) is 175 cm³/mol. The monoisotopic (exact) mass is 585 g/mol. The van der Waals surface area contributed by atoms with Gasteiger partial charge in [-0.25, -0.2) is 4.79 Å². The van der Waals surface area contributed by atoms with Crippen molar-refractivity contribution in [2.24, 2.45) is 0 Å². The molecule has 0 radical (unpaired) electrons. The van der Waals surface area contributed by atoms with Gasteiger partial charge in [0.15, 0.2) is 0 Å². The van der Waals surface area contributed by atoms with Gasteiger partial charge >= 0.3 is 5.97 Å². The average Bonchev–Trinajstić information content (AvgIpc) is 3.45. The van der Waals surface area contributed by atoms with Crippen molar-refractivity contribution >= 4 is 27.6 Å². The molecule has 0 fully saturated rings. The van der Waals surface area contributed by atoms with E-state index in [1.165, 1.54) is 0 Å². The third-order valence-corrected chi connectivity index (χ3v) is 7.67. The molecule has 6 rings (SSSR count). The summed E-state index contributed by atoms with van der Waals surface area (Å²) in [4.78, 5) is 16.5. The molecule has 222 valence electrons. The molecular weight excluding hydrogens is 550 g/mol. The number of hydrogen-bond acceptors (Lipinski definition) is 5. The molecule has 6 heteroatoms. The van der Waals surface area contributed by atoms with Crippen LogP contribution in [-0.2, 0) is 17.8 Å². The van der Waals surface area contributed by atoms with Gasteiger partial charge in [0, 0.05) is 22.4 Å². The summed E-state index contributed by atoms with van der Waals surface area (Å²) >= 11 is 0. The van der Waals surface area contributed by atoms with Gasteiger partial charge in [0.2, 0.25) is 0 Å². The van der Waals surface area contributed by atoms with Gasteiger partial charge < -0.3 is 23.9 Å². The van der Waals surface area contributed by atoms with E-state index in [1.54, 1.807) is 7.11 Å². The van der Waals surface area contributed by atoms with E-state index in [0.717, 1.165) is 56.1 Å². The first kappa shape index (κ1) is 28.9. The largest absolute Gasteiger partial charge is 0.497 e. The fraction of sp³-hybridized carbons (Fsp3) is 0.184. The first-order chi connectivity index (χ1) is 21.6. The molecule has 0 aliphatic rings. The summed E-state index contributed by atoms with van der Waals surface area (Å²) in [5.74, 6) is 1.88. The van der Waals surface area contributed by atoms with Crippen LogP contribution in [0.1, 0.15) is 35.0 Å². The summed E-state index contributed by atoms with van der Waals surface area (Å²) in [7, 11) is 1.65. The molecule has 44 heavy (non-hydrogen) atoms. The number of hydrogen-bond donors (Lipinski definition) is 1.